The van der Waals surface area contributed by atoms with E-state index in [1.54, 1.807) is 0 Å². The zero-order chi connectivity index (χ0) is 15.6. The highest BCUT2D eigenvalue weighted by Gasteiger charge is 2.30. The summed E-state index contributed by atoms with van der Waals surface area (Å²) in [6.07, 6.45) is 12.6. The molecule has 0 bridgehead atoms. The summed E-state index contributed by atoms with van der Waals surface area (Å²) in [4.78, 5) is 14.6. The Kier molecular flexibility index (Phi) is 4.36. The molecule has 0 spiro atoms. The number of nitrogens with zero attached hydrogens (tertiary/aromatic N) is 4. The first kappa shape index (κ1) is 15.2. The van der Waals surface area contributed by atoms with E-state index in [9.17, 15) is 4.79 Å². The minimum Gasteiger partial charge on any atom is -0.342 e. The third kappa shape index (κ3) is 3.59. The second kappa shape index (κ2) is 6.62. The van der Waals surface area contributed by atoms with Gasteiger partial charge in [-0.05, 0) is 50.4 Å². The molecule has 3 fully saturated rings. The van der Waals surface area contributed by atoms with Gasteiger partial charge in [-0.25, -0.2) is 0 Å². The predicted octanol–water partition coefficient (Wildman–Crippen LogP) is 2.66. The van der Waals surface area contributed by atoms with Crippen LogP contribution in [0.3, 0.4) is 0 Å². The molecule has 2 heterocycles. The summed E-state index contributed by atoms with van der Waals surface area (Å²) < 4.78 is 2.26. The molecule has 0 aromatic carbocycles. The lowest BCUT2D eigenvalue weighted by atomic mass is 9.92. The Labute approximate surface area is 138 Å². The fourth-order valence-corrected chi connectivity index (χ4v) is 4.21. The van der Waals surface area contributed by atoms with E-state index in [0.717, 1.165) is 63.5 Å². The summed E-state index contributed by atoms with van der Waals surface area (Å²) in [6.45, 7) is 2.98. The monoisotopic (exact) mass is 316 g/mol. The smallest absolute Gasteiger partial charge is 0.225 e. The topological polar surface area (TPSA) is 51.0 Å². The quantitative estimate of drug-likeness (QED) is 0.839. The fourth-order valence-electron chi connectivity index (χ4n) is 4.21. The van der Waals surface area contributed by atoms with Crippen LogP contribution in [0.4, 0.5) is 0 Å². The lowest BCUT2D eigenvalue weighted by molar-refractivity contribution is -0.136. The molecule has 3 aliphatic rings. The van der Waals surface area contributed by atoms with Crippen LogP contribution < -0.4 is 0 Å². The molecule has 1 aromatic heterocycles. The summed E-state index contributed by atoms with van der Waals surface area (Å²) in [6, 6.07) is 0. The Balaban J connectivity index is 1.28. The average molecular weight is 316 g/mol. The molecular formula is C18H28N4O. The first-order valence-corrected chi connectivity index (χ1v) is 9.45. The lowest BCUT2D eigenvalue weighted by Gasteiger charge is -2.33. The van der Waals surface area contributed by atoms with E-state index in [4.69, 9.17) is 0 Å². The third-order valence-electron chi connectivity index (χ3n) is 5.95. The Morgan fingerprint density at radius 3 is 2.48 bits per heavy atom. The molecular weight excluding hydrogens is 288 g/mol. The molecule has 5 nitrogen and oxygen atoms in total. The SMILES string of the molecule is O=C(C1CCCC1)N1CCC(Cc2nncn2CC2CC2)CC1. The van der Waals surface area contributed by atoms with E-state index in [1.807, 2.05) is 6.33 Å². The van der Waals surface area contributed by atoms with E-state index >= 15 is 0 Å². The largest absolute Gasteiger partial charge is 0.342 e. The van der Waals surface area contributed by atoms with Crippen molar-refractivity contribution in [3.63, 3.8) is 0 Å². The Morgan fingerprint density at radius 2 is 1.78 bits per heavy atom. The maximum Gasteiger partial charge on any atom is 0.225 e. The number of likely N-dealkylation sites (tertiary alicyclic amines) is 1. The van der Waals surface area contributed by atoms with Crippen LogP contribution in [0.1, 0.15) is 57.2 Å². The van der Waals surface area contributed by atoms with Crippen LogP contribution in [0.15, 0.2) is 6.33 Å². The minimum atomic E-state index is 0.327. The summed E-state index contributed by atoms with van der Waals surface area (Å²) in [7, 11) is 0. The van der Waals surface area contributed by atoms with Crippen LogP contribution in [0.25, 0.3) is 0 Å². The summed E-state index contributed by atoms with van der Waals surface area (Å²) in [5.41, 5.74) is 0. The maximum atomic E-state index is 12.5. The number of rotatable bonds is 5. The van der Waals surface area contributed by atoms with E-state index in [0.29, 0.717) is 17.7 Å². The van der Waals surface area contributed by atoms with Crippen molar-refractivity contribution >= 4 is 5.91 Å². The standard InChI is InChI=1S/C18H28N4O/c23-18(16-3-1-2-4-16)21-9-7-14(8-10-21)11-17-20-19-13-22(17)12-15-5-6-15/h13-16H,1-12H2. The molecule has 4 rings (SSSR count). The number of carbonyl (C=O) groups excluding carboxylic acids is 1. The van der Waals surface area contributed by atoms with Gasteiger partial charge in [0.1, 0.15) is 12.2 Å². The highest BCUT2D eigenvalue weighted by atomic mass is 16.2. The molecule has 0 atom stereocenters. The summed E-state index contributed by atoms with van der Waals surface area (Å²) in [5.74, 6) is 3.42. The van der Waals surface area contributed by atoms with Crippen molar-refractivity contribution in [1.29, 1.82) is 0 Å². The third-order valence-corrected chi connectivity index (χ3v) is 5.95. The number of amides is 1. The second-order valence-corrected chi connectivity index (χ2v) is 7.80. The van der Waals surface area contributed by atoms with Crippen LogP contribution in [0.2, 0.25) is 0 Å². The Hall–Kier alpha value is -1.39. The highest BCUT2D eigenvalue weighted by Crippen LogP contribution is 2.32. The lowest BCUT2D eigenvalue weighted by Crippen LogP contribution is -2.41. The molecule has 1 amide bonds. The normalized spacial score (nSPS) is 23.6. The zero-order valence-electron chi connectivity index (χ0n) is 14.0. The van der Waals surface area contributed by atoms with Gasteiger partial charge in [0.15, 0.2) is 0 Å². The highest BCUT2D eigenvalue weighted by molar-refractivity contribution is 5.79. The predicted molar refractivity (Wildman–Crippen MR) is 87.7 cm³/mol. The summed E-state index contributed by atoms with van der Waals surface area (Å²) in [5, 5.41) is 8.45. The molecule has 1 aromatic rings. The second-order valence-electron chi connectivity index (χ2n) is 7.80. The first-order chi connectivity index (χ1) is 11.3. The molecule has 0 unspecified atom stereocenters. The van der Waals surface area contributed by atoms with Gasteiger partial charge < -0.3 is 9.47 Å². The molecule has 5 heteroatoms. The van der Waals surface area contributed by atoms with Crippen molar-refractivity contribution in [2.45, 2.75) is 64.3 Å². The van der Waals surface area contributed by atoms with E-state index in [2.05, 4.69) is 19.7 Å². The van der Waals surface area contributed by atoms with Gasteiger partial charge in [-0.15, -0.1) is 10.2 Å². The number of hydrogen-bond acceptors (Lipinski definition) is 3. The average Bonchev–Trinajstić information content (AvgIpc) is 3.04. The number of carbonyl (C=O) groups is 1. The van der Waals surface area contributed by atoms with Crippen LogP contribution in [-0.4, -0.2) is 38.7 Å². The van der Waals surface area contributed by atoms with Crippen LogP contribution in [0, 0.1) is 17.8 Å². The van der Waals surface area contributed by atoms with E-state index in [1.165, 1.54) is 25.7 Å². The van der Waals surface area contributed by atoms with Crippen LogP contribution in [0.5, 0.6) is 0 Å². The van der Waals surface area contributed by atoms with E-state index < -0.39 is 0 Å². The zero-order valence-corrected chi connectivity index (χ0v) is 14.0. The van der Waals surface area contributed by atoms with Gasteiger partial charge in [-0.2, -0.15) is 0 Å². The van der Waals surface area contributed by atoms with Crippen molar-refractivity contribution < 1.29 is 4.79 Å². The van der Waals surface area contributed by atoms with Crippen molar-refractivity contribution in [3.8, 4) is 0 Å². The Bertz CT molecular complexity index is 537. The van der Waals surface area contributed by atoms with Crippen molar-refractivity contribution in [2.75, 3.05) is 13.1 Å². The van der Waals surface area contributed by atoms with Gasteiger partial charge in [0.05, 0.1) is 0 Å². The molecule has 0 N–H and O–H groups in total. The molecule has 2 saturated carbocycles. The summed E-state index contributed by atoms with van der Waals surface area (Å²) >= 11 is 0. The number of piperidine rings is 1. The van der Waals surface area contributed by atoms with Gasteiger partial charge in [-0.3, -0.25) is 4.79 Å². The van der Waals surface area contributed by atoms with Crippen molar-refractivity contribution in [1.82, 2.24) is 19.7 Å². The first-order valence-electron chi connectivity index (χ1n) is 9.45. The molecule has 1 aliphatic heterocycles. The molecule has 0 radical (unpaired) electrons. The van der Waals surface area contributed by atoms with E-state index in [-0.39, 0.29) is 0 Å². The van der Waals surface area contributed by atoms with Crippen LogP contribution in [-0.2, 0) is 17.8 Å². The Morgan fingerprint density at radius 1 is 1.04 bits per heavy atom. The molecule has 126 valence electrons. The fraction of sp³-hybridized carbons (Fsp3) is 0.833. The molecule has 1 saturated heterocycles. The maximum absolute atomic E-state index is 12.5. The molecule has 2 aliphatic carbocycles. The van der Waals surface area contributed by atoms with Gasteiger partial charge in [-0.1, -0.05) is 12.8 Å². The van der Waals surface area contributed by atoms with Crippen LogP contribution >= 0.6 is 0 Å². The van der Waals surface area contributed by atoms with Crippen molar-refractivity contribution in [3.05, 3.63) is 12.2 Å². The van der Waals surface area contributed by atoms with Gasteiger partial charge in [0.2, 0.25) is 5.91 Å². The van der Waals surface area contributed by atoms with Crippen molar-refractivity contribution in [2.24, 2.45) is 17.8 Å². The number of hydrogen-bond donors (Lipinski definition) is 0. The number of aromatic nitrogens is 3. The van der Waals surface area contributed by atoms with Gasteiger partial charge >= 0.3 is 0 Å². The minimum absolute atomic E-state index is 0.327. The molecule has 23 heavy (non-hydrogen) atoms. The van der Waals surface area contributed by atoms with Gasteiger partial charge in [0, 0.05) is 32.0 Å². The van der Waals surface area contributed by atoms with Gasteiger partial charge in [0.25, 0.3) is 0 Å².